The molecule has 2 aromatic carbocycles. The van der Waals surface area contributed by atoms with Crippen LogP contribution in [0.2, 0.25) is 0 Å². The van der Waals surface area contributed by atoms with Gasteiger partial charge in [-0.05, 0) is 69.5 Å². The van der Waals surface area contributed by atoms with Crippen LogP contribution in [0.5, 0.6) is 6.01 Å². The molecule has 4 heterocycles. The van der Waals surface area contributed by atoms with Gasteiger partial charge in [0.2, 0.25) is 6.54 Å². The zero-order valence-corrected chi connectivity index (χ0v) is 26.6. The molecule has 236 valence electrons. The van der Waals surface area contributed by atoms with Crippen molar-refractivity contribution >= 4 is 17.6 Å². The Hall–Kier alpha value is -4.36. The third-order valence-corrected chi connectivity index (χ3v) is 9.54. The van der Waals surface area contributed by atoms with Crippen LogP contribution in [0.15, 0.2) is 48.5 Å². The number of carbonyl (C=O) groups is 1. The summed E-state index contributed by atoms with van der Waals surface area (Å²) < 4.78 is 12.0. The summed E-state index contributed by atoms with van der Waals surface area (Å²) in [5.41, 5.74) is 6.84. The van der Waals surface area contributed by atoms with Crippen molar-refractivity contribution in [3.63, 3.8) is 0 Å². The van der Waals surface area contributed by atoms with Crippen LogP contribution in [0.4, 0.5) is 16.3 Å². The van der Waals surface area contributed by atoms with E-state index in [1.54, 1.807) is 4.90 Å². The van der Waals surface area contributed by atoms with Crippen molar-refractivity contribution in [2.45, 2.75) is 58.3 Å². The van der Waals surface area contributed by atoms with E-state index in [0.29, 0.717) is 44.8 Å². The number of fused-ring (bicyclic) bond motifs is 1. The minimum atomic E-state index is -0.384. The van der Waals surface area contributed by atoms with Crippen LogP contribution in [0, 0.1) is 20.4 Å². The third kappa shape index (κ3) is 6.84. The quantitative estimate of drug-likeness (QED) is 0.335. The number of hydrogen-bond donors (Lipinski definition) is 0. The minimum absolute atomic E-state index is 0.196. The van der Waals surface area contributed by atoms with Gasteiger partial charge >= 0.3 is 12.1 Å². The zero-order valence-electron chi connectivity index (χ0n) is 26.6. The van der Waals surface area contributed by atoms with Crippen molar-refractivity contribution in [2.24, 2.45) is 0 Å². The normalized spacial score (nSPS) is 20.1. The number of benzene rings is 2. The molecule has 0 bridgehead atoms. The Morgan fingerprint density at radius 3 is 2.62 bits per heavy atom. The minimum Gasteiger partial charge on any atom is -0.462 e. The Bertz CT molecular complexity index is 1540. The molecule has 3 aromatic rings. The van der Waals surface area contributed by atoms with E-state index in [9.17, 15) is 4.79 Å². The Labute approximate surface area is 266 Å². The van der Waals surface area contributed by atoms with Crippen molar-refractivity contribution in [3.05, 3.63) is 87.9 Å². The molecular weight excluding hydrogens is 566 g/mol. The number of amides is 1. The third-order valence-electron chi connectivity index (χ3n) is 9.54. The Balaban J connectivity index is 1.24. The van der Waals surface area contributed by atoms with Gasteiger partial charge in [0.05, 0.1) is 12.2 Å². The highest BCUT2D eigenvalue weighted by molar-refractivity contribution is 5.69. The zero-order chi connectivity index (χ0) is 31.3. The van der Waals surface area contributed by atoms with Crippen LogP contribution < -0.4 is 14.5 Å². The number of piperazine rings is 1. The average molecular weight is 610 g/mol. The van der Waals surface area contributed by atoms with Gasteiger partial charge < -0.3 is 29.0 Å². The molecule has 0 radical (unpaired) electrons. The van der Waals surface area contributed by atoms with E-state index in [-0.39, 0.29) is 25.3 Å². The molecule has 0 spiro atoms. The van der Waals surface area contributed by atoms with Crippen LogP contribution in [0.25, 0.3) is 4.85 Å². The summed E-state index contributed by atoms with van der Waals surface area (Å²) in [6.07, 6.45) is 2.70. The molecule has 10 nitrogen and oxygen atoms in total. The van der Waals surface area contributed by atoms with Crippen LogP contribution >= 0.6 is 0 Å². The fourth-order valence-corrected chi connectivity index (χ4v) is 6.71. The Kier molecular flexibility index (Phi) is 9.36. The van der Waals surface area contributed by atoms with E-state index in [0.717, 1.165) is 48.6 Å². The van der Waals surface area contributed by atoms with Gasteiger partial charge in [-0.15, -0.1) is 0 Å². The lowest BCUT2D eigenvalue weighted by molar-refractivity contribution is 0.0788. The lowest BCUT2D eigenvalue weighted by atomic mass is 10.0. The van der Waals surface area contributed by atoms with Crippen molar-refractivity contribution in [2.75, 3.05) is 62.7 Å². The molecule has 0 aliphatic carbocycles. The fraction of sp³-hybridized carbons (Fsp3) is 0.486. The van der Waals surface area contributed by atoms with Gasteiger partial charge in [-0.25, -0.2) is 11.4 Å². The molecule has 3 aliphatic rings. The van der Waals surface area contributed by atoms with Gasteiger partial charge in [0.15, 0.2) is 0 Å². The number of aryl methyl sites for hydroxylation is 1. The second-order valence-corrected chi connectivity index (χ2v) is 12.4. The number of likely N-dealkylation sites (N-methyl/N-ethyl adjacent to an activating group) is 1. The summed E-state index contributed by atoms with van der Waals surface area (Å²) in [4.78, 5) is 35.5. The van der Waals surface area contributed by atoms with Gasteiger partial charge in [-0.1, -0.05) is 42.5 Å². The lowest BCUT2D eigenvalue weighted by Gasteiger charge is -2.41. The van der Waals surface area contributed by atoms with E-state index in [1.807, 2.05) is 30.3 Å². The van der Waals surface area contributed by atoms with E-state index < -0.39 is 0 Å². The summed E-state index contributed by atoms with van der Waals surface area (Å²) in [5.74, 6) is 0.864. The first kappa shape index (κ1) is 30.7. The Morgan fingerprint density at radius 1 is 1.00 bits per heavy atom. The van der Waals surface area contributed by atoms with Gasteiger partial charge in [0, 0.05) is 43.5 Å². The monoisotopic (exact) mass is 609 g/mol. The first-order valence-electron chi connectivity index (χ1n) is 16.0. The predicted octanol–water partition coefficient (Wildman–Crippen LogP) is 4.88. The summed E-state index contributed by atoms with van der Waals surface area (Å²) in [6.45, 7) is 17.1. The Morgan fingerprint density at radius 2 is 1.84 bits per heavy atom. The van der Waals surface area contributed by atoms with Gasteiger partial charge in [0.25, 0.3) is 0 Å². The summed E-state index contributed by atoms with van der Waals surface area (Å²) in [6, 6.07) is 16.6. The number of hydrogen-bond acceptors (Lipinski definition) is 8. The van der Waals surface area contributed by atoms with Crippen LogP contribution in [-0.4, -0.2) is 90.9 Å². The van der Waals surface area contributed by atoms with Gasteiger partial charge in [0.1, 0.15) is 25.1 Å². The van der Waals surface area contributed by atoms with Crippen molar-refractivity contribution in [1.82, 2.24) is 19.8 Å². The van der Waals surface area contributed by atoms with E-state index in [4.69, 9.17) is 26.0 Å². The second kappa shape index (κ2) is 13.7. The number of nitrogens with zero attached hydrogens (tertiary/aromatic N) is 7. The molecule has 0 saturated carbocycles. The first-order chi connectivity index (χ1) is 21.9. The smallest absolute Gasteiger partial charge is 0.410 e. The van der Waals surface area contributed by atoms with Crippen molar-refractivity contribution in [3.8, 4) is 6.01 Å². The molecule has 45 heavy (non-hydrogen) atoms. The highest BCUT2D eigenvalue weighted by atomic mass is 16.6. The molecule has 0 unspecified atom stereocenters. The first-order valence-corrected chi connectivity index (χ1v) is 16.0. The maximum atomic E-state index is 13.2. The molecule has 0 N–H and O–H groups in total. The highest BCUT2D eigenvalue weighted by Crippen LogP contribution is 2.34. The van der Waals surface area contributed by atoms with Crippen LogP contribution in [-0.2, 0) is 24.3 Å². The number of likely N-dealkylation sites (tertiary alicyclic amines) is 1. The maximum absolute atomic E-state index is 13.2. The highest BCUT2D eigenvalue weighted by Gasteiger charge is 2.36. The van der Waals surface area contributed by atoms with Crippen LogP contribution in [0.1, 0.15) is 40.8 Å². The number of aromatic nitrogens is 2. The summed E-state index contributed by atoms with van der Waals surface area (Å²) in [7, 11) is 2.14. The standard InChI is InChI=1S/C35H43N7O3/c1-25-10-8-14-32(26(25)2)40-17-15-30-31(22-40)37-34(44-24-28-13-9-16-39(28)4)38-33(30)41-18-19-42(29(21-41)20-36-3)35(43)45-23-27-11-6-5-7-12-27/h5-8,10-12,14,28-29H,9,13,15-24H2,1-2,4H3/t28-,29-/m0/s1. The number of anilines is 2. The maximum Gasteiger partial charge on any atom is 0.410 e. The van der Waals surface area contributed by atoms with Crippen LogP contribution in [0.3, 0.4) is 0 Å². The molecule has 3 aliphatic heterocycles. The van der Waals surface area contributed by atoms with Gasteiger partial charge in [-0.2, -0.15) is 9.97 Å². The molecule has 6 rings (SSSR count). The summed E-state index contributed by atoms with van der Waals surface area (Å²) >= 11 is 0. The number of ether oxygens (including phenoxy) is 2. The number of rotatable bonds is 8. The van der Waals surface area contributed by atoms with E-state index >= 15 is 0 Å². The molecule has 10 heteroatoms. The summed E-state index contributed by atoms with van der Waals surface area (Å²) in [5, 5.41) is 0. The predicted molar refractivity (Wildman–Crippen MR) is 175 cm³/mol. The largest absolute Gasteiger partial charge is 0.462 e. The SMILES string of the molecule is [C-]#[N+]C[C@H]1CN(c2nc(OC[C@@H]3CCCN3C)nc3c2CCN(c2cccc(C)c2C)C3)CCN1C(=O)OCc1ccccc1. The molecule has 2 saturated heterocycles. The van der Waals surface area contributed by atoms with Crippen molar-refractivity contribution < 1.29 is 14.3 Å². The fourth-order valence-electron chi connectivity index (χ4n) is 6.71. The van der Waals surface area contributed by atoms with Gasteiger partial charge in [-0.3, -0.25) is 4.90 Å². The topological polar surface area (TPSA) is 78.6 Å². The average Bonchev–Trinajstić information content (AvgIpc) is 3.48. The molecule has 1 aromatic heterocycles. The molecule has 2 fully saturated rings. The lowest BCUT2D eigenvalue weighted by Crippen LogP contribution is -2.57. The molecular formula is C35H43N7O3. The van der Waals surface area contributed by atoms with Crippen molar-refractivity contribution in [1.29, 1.82) is 0 Å². The molecule has 1 amide bonds. The molecule has 2 atom stereocenters. The number of carbonyl (C=O) groups excluding carboxylic acids is 1. The van der Waals surface area contributed by atoms with E-state index in [1.165, 1.54) is 23.2 Å². The second-order valence-electron chi connectivity index (χ2n) is 12.4. The van der Waals surface area contributed by atoms with E-state index in [2.05, 4.69) is 58.6 Å².